The fourth-order valence-electron chi connectivity index (χ4n) is 4.52. The van der Waals surface area contributed by atoms with Crippen LogP contribution < -0.4 is 44.3 Å². The Kier molecular flexibility index (Phi) is 9.54. The number of benzene rings is 1. The number of nitrogens with one attached hydrogen (secondary N) is 3. The molecule has 12 nitrogen and oxygen atoms in total. The van der Waals surface area contributed by atoms with Crippen molar-refractivity contribution in [2.24, 2.45) is 7.05 Å². The molecule has 0 atom stereocenters. The first kappa shape index (κ1) is 29.6. The summed E-state index contributed by atoms with van der Waals surface area (Å²) in [7, 11) is -0.205. The van der Waals surface area contributed by atoms with E-state index < -0.39 is 27.0 Å². The van der Waals surface area contributed by atoms with Gasteiger partial charge in [-0.3, -0.25) is 4.68 Å². The van der Waals surface area contributed by atoms with Gasteiger partial charge in [0.15, 0.2) is 0 Å². The van der Waals surface area contributed by atoms with Crippen molar-refractivity contribution >= 4 is 27.6 Å². The van der Waals surface area contributed by atoms with Gasteiger partial charge in [0.05, 0.1) is 31.0 Å². The fraction of sp³-hybridized carbons (Fsp3) is 0.333. The van der Waals surface area contributed by atoms with Crippen molar-refractivity contribution in [2.45, 2.75) is 30.7 Å². The van der Waals surface area contributed by atoms with E-state index in [-0.39, 0.29) is 53.8 Å². The summed E-state index contributed by atoms with van der Waals surface area (Å²) in [6.07, 6.45) is 4.09. The van der Waals surface area contributed by atoms with Crippen LogP contribution in [0.25, 0.3) is 16.9 Å². The summed E-state index contributed by atoms with van der Waals surface area (Å²) in [4.78, 5) is 29.0. The number of methoxy groups -OCH3 is 2. The maximum atomic E-state index is 13.2. The zero-order chi connectivity index (χ0) is 26.7. The quantitative estimate of drug-likeness (QED) is 0.348. The standard InChI is InChI=1S/C24H28N6O6S.Na/c1-30-21(22(25)31)18(10-12-35-2)23(28-30)37(33,34)29-24(32)27-20-16-6-4-5-14(16)7-8-17(20)15-9-11-26-19(13-15)36-3;/h7-9,11,13H,4-6,10,12H2,1-3H3,(H4,25,26,27,29,31,32);/q;+1/p-1. The van der Waals surface area contributed by atoms with Gasteiger partial charge in [0.1, 0.15) is 0 Å². The van der Waals surface area contributed by atoms with E-state index in [0.29, 0.717) is 17.1 Å². The number of hydrogen-bond acceptors (Lipinski definition) is 8. The Morgan fingerprint density at radius 1 is 1.18 bits per heavy atom. The van der Waals surface area contributed by atoms with Gasteiger partial charge in [-0.25, -0.2) is 14.5 Å². The predicted octanol–water partition coefficient (Wildman–Crippen LogP) is -0.125. The van der Waals surface area contributed by atoms with Crippen molar-refractivity contribution in [3.63, 3.8) is 0 Å². The number of fused-ring (bicyclic) bond motifs is 1. The maximum absolute atomic E-state index is 13.2. The Morgan fingerprint density at radius 2 is 1.95 bits per heavy atom. The van der Waals surface area contributed by atoms with Crippen molar-refractivity contribution in [2.75, 3.05) is 26.1 Å². The molecule has 0 unspecified atom stereocenters. The number of aryl methyl sites for hydroxylation is 2. The number of carbonyl (C=O) groups is 2. The van der Waals surface area contributed by atoms with Crippen LogP contribution in [0.15, 0.2) is 35.5 Å². The number of nitrogens with zero attached hydrogens (tertiary/aromatic N) is 3. The molecule has 1 aliphatic carbocycles. The Balaban J connectivity index is 0.00000400. The van der Waals surface area contributed by atoms with Crippen LogP contribution in [0.3, 0.4) is 0 Å². The molecule has 4 rings (SSSR count). The third kappa shape index (κ3) is 6.02. The van der Waals surface area contributed by atoms with E-state index in [9.17, 15) is 18.0 Å². The SMILES string of the molecule is COCCc1c(S(=O)(=O)NC(=O)Nc2c(-c3ccnc(OC)c3)ccc3c2CCC3)nn(C)c1C([NH-])=O.[Na+]. The van der Waals surface area contributed by atoms with Crippen LogP contribution in [0.2, 0.25) is 0 Å². The summed E-state index contributed by atoms with van der Waals surface area (Å²) < 4.78 is 39.6. The number of pyridine rings is 1. The topological polar surface area (TPSA) is 165 Å². The second-order valence-corrected chi connectivity index (χ2v) is 10.1. The molecule has 14 heteroatoms. The van der Waals surface area contributed by atoms with Crippen molar-refractivity contribution in [3.8, 4) is 17.0 Å². The van der Waals surface area contributed by atoms with E-state index in [2.05, 4.69) is 15.4 Å². The number of anilines is 1. The van der Waals surface area contributed by atoms with Gasteiger partial charge in [-0.05, 0) is 42.0 Å². The van der Waals surface area contributed by atoms with Crippen LogP contribution in [0.4, 0.5) is 10.5 Å². The summed E-state index contributed by atoms with van der Waals surface area (Å²) >= 11 is 0. The number of amides is 3. The minimum Gasteiger partial charge on any atom is -0.662 e. The molecule has 196 valence electrons. The van der Waals surface area contributed by atoms with Crippen LogP contribution in [0, 0.1) is 0 Å². The molecule has 3 aromatic rings. The average Bonchev–Trinajstić information content (AvgIpc) is 3.47. The van der Waals surface area contributed by atoms with Gasteiger partial charge in [-0.1, -0.05) is 12.1 Å². The second-order valence-electron chi connectivity index (χ2n) is 8.45. The molecule has 0 bridgehead atoms. The van der Waals surface area contributed by atoms with E-state index >= 15 is 0 Å². The summed E-state index contributed by atoms with van der Waals surface area (Å²) in [5.74, 6) is -0.696. The number of aromatic nitrogens is 3. The van der Waals surface area contributed by atoms with Gasteiger partial charge < -0.3 is 25.3 Å². The number of urea groups is 1. The molecule has 3 amide bonds. The van der Waals surface area contributed by atoms with Gasteiger partial charge >= 0.3 is 35.6 Å². The number of ether oxygens (including phenoxy) is 2. The summed E-state index contributed by atoms with van der Waals surface area (Å²) in [5, 5.41) is 6.15. The van der Waals surface area contributed by atoms with Crippen molar-refractivity contribution < 1.29 is 57.0 Å². The summed E-state index contributed by atoms with van der Waals surface area (Å²) in [5.41, 5.74) is 11.3. The Morgan fingerprint density at radius 3 is 2.63 bits per heavy atom. The first-order valence-corrected chi connectivity index (χ1v) is 12.9. The number of sulfonamides is 1. The first-order chi connectivity index (χ1) is 17.7. The molecule has 0 radical (unpaired) electrons. The van der Waals surface area contributed by atoms with Crippen LogP contribution in [-0.4, -0.2) is 55.9 Å². The van der Waals surface area contributed by atoms with Crippen LogP contribution >= 0.6 is 0 Å². The van der Waals surface area contributed by atoms with E-state index in [0.717, 1.165) is 40.6 Å². The molecule has 1 aliphatic rings. The third-order valence-electron chi connectivity index (χ3n) is 6.14. The number of hydrogen-bond donors (Lipinski definition) is 2. The monoisotopic (exact) mass is 550 g/mol. The predicted molar refractivity (Wildman–Crippen MR) is 135 cm³/mol. The van der Waals surface area contributed by atoms with Crippen LogP contribution in [0.5, 0.6) is 5.88 Å². The van der Waals surface area contributed by atoms with Gasteiger partial charge in [-0.2, -0.15) is 13.5 Å². The maximum Gasteiger partial charge on any atom is 1.00 e. The van der Waals surface area contributed by atoms with E-state index in [1.807, 2.05) is 16.9 Å². The van der Waals surface area contributed by atoms with Crippen molar-refractivity contribution in [1.82, 2.24) is 19.5 Å². The molecule has 1 aromatic carbocycles. The number of carbonyl (C=O) groups excluding carboxylic acids is 2. The molecule has 3 N–H and O–H groups in total. The normalized spacial score (nSPS) is 12.4. The van der Waals surface area contributed by atoms with Crippen LogP contribution in [0.1, 0.15) is 33.6 Å². The zero-order valence-corrected chi connectivity index (χ0v) is 24.4. The van der Waals surface area contributed by atoms with Crippen molar-refractivity contribution in [1.29, 1.82) is 0 Å². The van der Waals surface area contributed by atoms with Gasteiger partial charge in [0.2, 0.25) is 10.9 Å². The van der Waals surface area contributed by atoms with E-state index in [1.54, 1.807) is 18.3 Å². The number of rotatable bonds is 9. The van der Waals surface area contributed by atoms with Crippen molar-refractivity contribution in [3.05, 3.63) is 58.6 Å². The first-order valence-electron chi connectivity index (χ1n) is 11.5. The van der Waals surface area contributed by atoms with E-state index in [4.69, 9.17) is 15.2 Å². The minimum absolute atomic E-state index is 0. The van der Waals surface area contributed by atoms with Gasteiger partial charge in [-0.15, -0.1) is 0 Å². The fourth-order valence-corrected chi connectivity index (χ4v) is 5.67. The minimum atomic E-state index is -4.49. The van der Waals surface area contributed by atoms with Gasteiger partial charge in [0.25, 0.3) is 10.0 Å². The molecular formula is C24H27N6NaO6S. The molecular weight excluding hydrogens is 523 g/mol. The Labute approximate surface area is 242 Å². The molecule has 2 heterocycles. The Bertz CT molecular complexity index is 1470. The average molecular weight is 551 g/mol. The molecule has 0 spiro atoms. The van der Waals surface area contributed by atoms with Gasteiger partial charge in [0, 0.05) is 44.0 Å². The van der Waals surface area contributed by atoms with Crippen LogP contribution in [-0.2, 0) is 41.1 Å². The smallest absolute Gasteiger partial charge is 0.662 e. The third-order valence-corrected chi connectivity index (χ3v) is 7.43. The molecule has 2 aromatic heterocycles. The summed E-state index contributed by atoms with van der Waals surface area (Å²) in [6, 6.07) is 6.39. The Hall–Kier alpha value is -2.97. The molecule has 0 fully saturated rings. The molecule has 0 aliphatic heterocycles. The molecule has 38 heavy (non-hydrogen) atoms. The molecule has 0 saturated heterocycles. The molecule has 0 saturated carbocycles. The second kappa shape index (κ2) is 12.3. The zero-order valence-electron chi connectivity index (χ0n) is 21.6. The summed E-state index contributed by atoms with van der Waals surface area (Å²) in [6.45, 7) is 0.0929. The van der Waals surface area contributed by atoms with E-state index in [1.165, 1.54) is 21.3 Å². The largest absolute Gasteiger partial charge is 1.00 e.